The van der Waals surface area contributed by atoms with Crippen molar-refractivity contribution in [2.45, 2.75) is 6.10 Å². The van der Waals surface area contributed by atoms with Gasteiger partial charge in [0.15, 0.2) is 5.58 Å². The average Bonchev–Trinajstić information content (AvgIpc) is 2.74. The van der Waals surface area contributed by atoms with Crippen LogP contribution in [0.5, 0.6) is 0 Å². The Morgan fingerprint density at radius 1 is 1.35 bits per heavy atom. The number of aromatic nitrogens is 1. The van der Waals surface area contributed by atoms with E-state index in [0.717, 1.165) is 36.6 Å². The average molecular weight is 277 g/mol. The van der Waals surface area contributed by atoms with Crippen LogP contribution in [0, 0.1) is 0 Å². The fraction of sp³-hybridized carbons (Fsp3) is 0.364. The monoisotopic (exact) mass is 276 g/mol. The van der Waals surface area contributed by atoms with Crippen LogP contribution >= 0.6 is 24.8 Å². The standard InChI is InChI=1S/C11H12N2O2.2ClH/c1-2-9-8(13-3-1)6-10(15-9)11-7-12-4-5-14-11;;/h1-3,6,11-12H,4-5,7H2;2*1H. The molecule has 0 amide bonds. The minimum absolute atomic E-state index is 0. The van der Waals surface area contributed by atoms with Gasteiger partial charge in [-0.3, -0.25) is 4.98 Å². The first-order valence-corrected chi connectivity index (χ1v) is 5.10. The molecular formula is C11H14Cl2N2O2. The fourth-order valence-electron chi connectivity index (χ4n) is 1.80. The van der Waals surface area contributed by atoms with Gasteiger partial charge in [0.25, 0.3) is 0 Å². The Morgan fingerprint density at radius 2 is 2.24 bits per heavy atom. The normalized spacial score (nSPS) is 19.4. The molecule has 0 bridgehead atoms. The van der Waals surface area contributed by atoms with Crippen LogP contribution in [0.2, 0.25) is 0 Å². The maximum absolute atomic E-state index is 5.68. The Balaban J connectivity index is 0.000000722. The number of halogens is 2. The molecule has 17 heavy (non-hydrogen) atoms. The first kappa shape index (κ1) is 14.3. The quantitative estimate of drug-likeness (QED) is 0.869. The third kappa shape index (κ3) is 2.90. The number of pyridine rings is 1. The van der Waals surface area contributed by atoms with Gasteiger partial charge in [-0.2, -0.15) is 0 Å². The molecule has 94 valence electrons. The maximum atomic E-state index is 5.68. The summed E-state index contributed by atoms with van der Waals surface area (Å²) in [5.74, 6) is 0.857. The number of hydrogen-bond donors (Lipinski definition) is 1. The lowest BCUT2D eigenvalue weighted by Gasteiger charge is -2.21. The van der Waals surface area contributed by atoms with Crippen LogP contribution in [0.4, 0.5) is 0 Å². The lowest BCUT2D eigenvalue weighted by atomic mass is 10.2. The van der Waals surface area contributed by atoms with Crippen LogP contribution in [0.3, 0.4) is 0 Å². The zero-order valence-corrected chi connectivity index (χ0v) is 10.7. The first-order chi connectivity index (χ1) is 7.43. The van der Waals surface area contributed by atoms with E-state index < -0.39 is 0 Å². The van der Waals surface area contributed by atoms with Crippen LogP contribution < -0.4 is 5.32 Å². The van der Waals surface area contributed by atoms with Crippen LogP contribution in [-0.2, 0) is 4.74 Å². The van der Waals surface area contributed by atoms with Gasteiger partial charge in [0.2, 0.25) is 0 Å². The molecule has 1 aliphatic heterocycles. The van der Waals surface area contributed by atoms with E-state index in [9.17, 15) is 0 Å². The van der Waals surface area contributed by atoms with Crippen molar-refractivity contribution in [1.29, 1.82) is 0 Å². The van der Waals surface area contributed by atoms with Crippen LogP contribution in [0.15, 0.2) is 28.8 Å². The Morgan fingerprint density at radius 3 is 2.94 bits per heavy atom. The second-order valence-corrected chi connectivity index (χ2v) is 3.60. The Bertz CT molecular complexity index is 436. The number of ether oxygens (including phenoxy) is 1. The van der Waals surface area contributed by atoms with Crippen molar-refractivity contribution < 1.29 is 9.15 Å². The lowest BCUT2D eigenvalue weighted by Crippen LogP contribution is -2.33. The minimum Gasteiger partial charge on any atom is -0.457 e. The second-order valence-electron chi connectivity index (χ2n) is 3.60. The highest BCUT2D eigenvalue weighted by atomic mass is 35.5. The van der Waals surface area contributed by atoms with E-state index >= 15 is 0 Å². The Labute approximate surface area is 112 Å². The predicted octanol–water partition coefficient (Wildman–Crippen LogP) is 2.33. The molecule has 0 spiro atoms. The molecule has 4 nitrogen and oxygen atoms in total. The highest BCUT2D eigenvalue weighted by Crippen LogP contribution is 2.25. The van der Waals surface area contributed by atoms with Gasteiger partial charge in [0.05, 0.1) is 6.61 Å². The van der Waals surface area contributed by atoms with Crippen molar-refractivity contribution in [1.82, 2.24) is 10.3 Å². The van der Waals surface area contributed by atoms with E-state index in [2.05, 4.69) is 10.3 Å². The number of fused-ring (bicyclic) bond motifs is 1. The highest BCUT2D eigenvalue weighted by Gasteiger charge is 2.19. The third-order valence-corrected chi connectivity index (χ3v) is 2.55. The summed E-state index contributed by atoms with van der Waals surface area (Å²) in [7, 11) is 0. The zero-order valence-electron chi connectivity index (χ0n) is 9.09. The molecule has 0 aliphatic carbocycles. The molecule has 2 aromatic rings. The molecule has 1 atom stereocenters. The smallest absolute Gasteiger partial charge is 0.152 e. The number of hydrogen-bond acceptors (Lipinski definition) is 4. The van der Waals surface area contributed by atoms with Gasteiger partial charge in [0, 0.05) is 25.4 Å². The van der Waals surface area contributed by atoms with Gasteiger partial charge >= 0.3 is 0 Å². The summed E-state index contributed by atoms with van der Waals surface area (Å²) in [5.41, 5.74) is 1.71. The molecule has 1 fully saturated rings. The number of furan rings is 1. The summed E-state index contributed by atoms with van der Waals surface area (Å²) < 4.78 is 11.3. The van der Waals surface area contributed by atoms with E-state index in [1.165, 1.54) is 0 Å². The summed E-state index contributed by atoms with van der Waals surface area (Å²) in [6.45, 7) is 2.45. The van der Waals surface area contributed by atoms with E-state index in [1.54, 1.807) is 6.20 Å². The van der Waals surface area contributed by atoms with E-state index in [0.29, 0.717) is 0 Å². The number of morpholine rings is 1. The Hall–Kier alpha value is -0.810. The summed E-state index contributed by atoms with van der Waals surface area (Å²) in [5, 5.41) is 3.27. The van der Waals surface area contributed by atoms with Gasteiger partial charge in [-0.25, -0.2) is 0 Å². The maximum Gasteiger partial charge on any atom is 0.152 e. The number of nitrogens with zero attached hydrogens (tertiary/aromatic N) is 1. The largest absolute Gasteiger partial charge is 0.457 e. The van der Waals surface area contributed by atoms with Crippen LogP contribution in [0.1, 0.15) is 11.9 Å². The van der Waals surface area contributed by atoms with E-state index in [-0.39, 0.29) is 30.9 Å². The van der Waals surface area contributed by atoms with Gasteiger partial charge < -0.3 is 14.5 Å². The first-order valence-electron chi connectivity index (χ1n) is 5.10. The molecule has 0 aromatic carbocycles. The fourth-order valence-corrected chi connectivity index (χ4v) is 1.80. The Kier molecular flexibility index (Phi) is 5.21. The molecule has 1 N–H and O–H groups in total. The SMILES string of the molecule is Cl.Cl.c1cnc2cc(C3CNCCO3)oc2c1. The summed E-state index contributed by atoms with van der Waals surface area (Å²) in [6.07, 6.45) is 1.79. The van der Waals surface area contributed by atoms with Crippen molar-refractivity contribution in [3.05, 3.63) is 30.2 Å². The topological polar surface area (TPSA) is 47.3 Å². The van der Waals surface area contributed by atoms with E-state index in [4.69, 9.17) is 9.15 Å². The van der Waals surface area contributed by atoms with Crippen molar-refractivity contribution in [2.24, 2.45) is 0 Å². The minimum atomic E-state index is 0. The van der Waals surface area contributed by atoms with Crippen molar-refractivity contribution in [3.63, 3.8) is 0 Å². The molecule has 0 radical (unpaired) electrons. The molecule has 6 heteroatoms. The molecule has 1 aliphatic rings. The summed E-state index contributed by atoms with van der Waals surface area (Å²) in [6, 6.07) is 5.74. The lowest BCUT2D eigenvalue weighted by molar-refractivity contribution is 0.0152. The molecule has 3 heterocycles. The molecule has 3 rings (SSSR count). The van der Waals surface area contributed by atoms with E-state index in [1.807, 2.05) is 18.2 Å². The summed E-state index contributed by atoms with van der Waals surface area (Å²) >= 11 is 0. The molecule has 2 aromatic heterocycles. The molecule has 1 unspecified atom stereocenters. The second kappa shape index (κ2) is 6.21. The molecule has 0 saturated carbocycles. The summed E-state index contributed by atoms with van der Waals surface area (Å²) in [4.78, 5) is 4.23. The van der Waals surface area contributed by atoms with Crippen LogP contribution in [0.25, 0.3) is 11.1 Å². The van der Waals surface area contributed by atoms with Gasteiger partial charge in [-0.15, -0.1) is 24.8 Å². The van der Waals surface area contributed by atoms with Crippen molar-refractivity contribution in [3.8, 4) is 0 Å². The highest BCUT2D eigenvalue weighted by molar-refractivity contribution is 5.85. The molecule has 1 saturated heterocycles. The zero-order chi connectivity index (χ0) is 10.1. The van der Waals surface area contributed by atoms with Gasteiger partial charge in [-0.1, -0.05) is 0 Å². The molecular weight excluding hydrogens is 263 g/mol. The van der Waals surface area contributed by atoms with Gasteiger partial charge in [-0.05, 0) is 12.1 Å². The number of rotatable bonds is 1. The van der Waals surface area contributed by atoms with Crippen molar-refractivity contribution in [2.75, 3.05) is 19.7 Å². The van der Waals surface area contributed by atoms with Crippen LogP contribution in [-0.4, -0.2) is 24.7 Å². The number of nitrogens with one attached hydrogen (secondary N) is 1. The van der Waals surface area contributed by atoms with Gasteiger partial charge in [0.1, 0.15) is 17.4 Å². The third-order valence-electron chi connectivity index (χ3n) is 2.55. The van der Waals surface area contributed by atoms with Crippen molar-refractivity contribution >= 4 is 35.9 Å². The predicted molar refractivity (Wildman–Crippen MR) is 70.1 cm³/mol.